The number of rotatable bonds is 7. The molecule has 1 heterocycles. The summed E-state index contributed by atoms with van der Waals surface area (Å²) in [5.41, 5.74) is 4.06. The summed E-state index contributed by atoms with van der Waals surface area (Å²) in [6.07, 6.45) is 1.81. The lowest BCUT2D eigenvalue weighted by molar-refractivity contribution is -0.113. The van der Waals surface area contributed by atoms with Crippen LogP contribution in [0.25, 0.3) is 11.4 Å². The molecule has 6 heteroatoms. The van der Waals surface area contributed by atoms with Gasteiger partial charge in [0.1, 0.15) is 0 Å². The van der Waals surface area contributed by atoms with Gasteiger partial charge in [-0.05, 0) is 37.1 Å². The molecule has 0 unspecified atom stereocenters. The van der Waals surface area contributed by atoms with E-state index in [0.29, 0.717) is 11.7 Å². The average molecular weight is 379 g/mol. The minimum atomic E-state index is -0.0730. The lowest BCUT2D eigenvalue weighted by atomic mass is 10.1. The van der Waals surface area contributed by atoms with E-state index in [1.807, 2.05) is 73.0 Å². The van der Waals surface area contributed by atoms with Gasteiger partial charge in [0.2, 0.25) is 5.91 Å². The van der Waals surface area contributed by atoms with Crippen molar-refractivity contribution in [2.45, 2.75) is 25.5 Å². The van der Waals surface area contributed by atoms with Crippen molar-refractivity contribution in [1.29, 1.82) is 0 Å². The molecule has 3 rings (SSSR count). The summed E-state index contributed by atoms with van der Waals surface area (Å²) in [5.74, 6) is 0.975. The standard InChI is InChI=1S/C21H22N4OS/c1-4-12-25-20(18-11-6-5-9-16(18)3)23-24-21(25)27-14-19(26)22-17-10-7-8-15(2)13-17/h4-11,13H,1,12,14H2,2-3H3,(H,22,26). The highest BCUT2D eigenvalue weighted by atomic mass is 32.2. The molecule has 0 aliphatic carbocycles. The molecule has 138 valence electrons. The molecule has 2 aromatic carbocycles. The first-order valence-electron chi connectivity index (χ1n) is 8.68. The van der Waals surface area contributed by atoms with Crippen molar-refractivity contribution in [3.05, 3.63) is 72.3 Å². The molecule has 0 aliphatic heterocycles. The van der Waals surface area contributed by atoms with E-state index in [2.05, 4.69) is 22.1 Å². The Hall–Kier alpha value is -2.86. The third kappa shape index (κ3) is 4.65. The maximum Gasteiger partial charge on any atom is 0.234 e. The normalized spacial score (nSPS) is 10.6. The van der Waals surface area contributed by atoms with Crippen molar-refractivity contribution in [3.8, 4) is 11.4 Å². The van der Waals surface area contributed by atoms with Crippen LogP contribution in [0.3, 0.4) is 0 Å². The van der Waals surface area contributed by atoms with Gasteiger partial charge in [-0.25, -0.2) is 0 Å². The first kappa shape index (κ1) is 18.9. The van der Waals surface area contributed by atoms with Crippen LogP contribution in [-0.4, -0.2) is 26.4 Å². The fourth-order valence-electron chi connectivity index (χ4n) is 2.76. The van der Waals surface area contributed by atoms with E-state index in [0.717, 1.165) is 28.2 Å². The maximum absolute atomic E-state index is 12.3. The third-order valence-electron chi connectivity index (χ3n) is 4.05. The van der Waals surface area contributed by atoms with Gasteiger partial charge in [-0.3, -0.25) is 9.36 Å². The smallest absolute Gasteiger partial charge is 0.234 e. The Morgan fingerprint density at radius 1 is 1.19 bits per heavy atom. The Labute approximate surface area is 163 Å². The number of aryl methyl sites for hydroxylation is 2. The summed E-state index contributed by atoms with van der Waals surface area (Å²) in [5, 5.41) is 12.3. The predicted molar refractivity (Wildman–Crippen MR) is 111 cm³/mol. The molecule has 5 nitrogen and oxygen atoms in total. The molecule has 0 fully saturated rings. The topological polar surface area (TPSA) is 59.8 Å². The molecule has 1 N–H and O–H groups in total. The molecular weight excluding hydrogens is 356 g/mol. The number of nitrogens with one attached hydrogen (secondary N) is 1. The van der Waals surface area contributed by atoms with E-state index in [-0.39, 0.29) is 11.7 Å². The Balaban J connectivity index is 1.74. The highest BCUT2D eigenvalue weighted by molar-refractivity contribution is 7.99. The number of amides is 1. The van der Waals surface area contributed by atoms with Crippen LogP contribution in [0, 0.1) is 13.8 Å². The van der Waals surface area contributed by atoms with Gasteiger partial charge in [0.15, 0.2) is 11.0 Å². The Kier molecular flexibility index (Phi) is 6.08. The Morgan fingerprint density at radius 3 is 2.74 bits per heavy atom. The van der Waals surface area contributed by atoms with Gasteiger partial charge in [-0.1, -0.05) is 54.2 Å². The molecule has 0 saturated heterocycles. The van der Waals surface area contributed by atoms with Gasteiger partial charge in [0.05, 0.1) is 5.75 Å². The number of allylic oxidation sites excluding steroid dienone is 1. The lowest BCUT2D eigenvalue weighted by Gasteiger charge is -2.10. The van der Waals surface area contributed by atoms with Crippen molar-refractivity contribution >= 4 is 23.4 Å². The second-order valence-electron chi connectivity index (χ2n) is 6.23. The second-order valence-corrected chi connectivity index (χ2v) is 7.17. The first-order chi connectivity index (χ1) is 13.1. The van der Waals surface area contributed by atoms with Gasteiger partial charge in [0, 0.05) is 17.8 Å². The minimum Gasteiger partial charge on any atom is -0.325 e. The number of benzene rings is 2. The maximum atomic E-state index is 12.3. The van der Waals surface area contributed by atoms with E-state index >= 15 is 0 Å². The van der Waals surface area contributed by atoms with Crippen molar-refractivity contribution in [3.63, 3.8) is 0 Å². The number of nitrogens with zero attached hydrogens (tertiary/aromatic N) is 3. The van der Waals surface area contributed by atoms with Crippen molar-refractivity contribution in [2.75, 3.05) is 11.1 Å². The van der Waals surface area contributed by atoms with E-state index in [4.69, 9.17) is 0 Å². The average Bonchev–Trinajstić information content (AvgIpc) is 3.03. The number of aromatic nitrogens is 3. The van der Waals surface area contributed by atoms with Crippen molar-refractivity contribution < 1.29 is 4.79 Å². The minimum absolute atomic E-state index is 0.0730. The molecule has 0 aliphatic rings. The van der Waals surface area contributed by atoms with E-state index < -0.39 is 0 Å². The molecule has 0 saturated carbocycles. The predicted octanol–water partition coefficient (Wildman–Crippen LogP) is 4.48. The van der Waals surface area contributed by atoms with Crippen LogP contribution in [0.4, 0.5) is 5.69 Å². The van der Waals surface area contributed by atoms with Crippen LogP contribution in [0.2, 0.25) is 0 Å². The summed E-state index contributed by atoms with van der Waals surface area (Å²) in [6.45, 7) is 8.45. The SMILES string of the molecule is C=CCn1c(SCC(=O)Nc2cccc(C)c2)nnc1-c1ccccc1C. The number of carbonyl (C=O) groups excluding carboxylic acids is 1. The molecular formula is C21H22N4OS. The number of hydrogen-bond donors (Lipinski definition) is 1. The van der Waals surface area contributed by atoms with Crippen LogP contribution in [-0.2, 0) is 11.3 Å². The fourth-order valence-corrected chi connectivity index (χ4v) is 3.51. The van der Waals surface area contributed by atoms with E-state index in [9.17, 15) is 4.79 Å². The zero-order valence-corrected chi connectivity index (χ0v) is 16.3. The number of hydrogen-bond acceptors (Lipinski definition) is 4. The zero-order valence-electron chi connectivity index (χ0n) is 15.5. The van der Waals surface area contributed by atoms with Gasteiger partial charge in [-0.2, -0.15) is 0 Å². The molecule has 0 atom stereocenters. The summed E-state index contributed by atoms with van der Waals surface area (Å²) in [4.78, 5) is 12.3. The second kappa shape index (κ2) is 8.68. The van der Waals surface area contributed by atoms with E-state index in [1.165, 1.54) is 11.8 Å². The molecule has 27 heavy (non-hydrogen) atoms. The Bertz CT molecular complexity index is 964. The molecule has 1 aromatic heterocycles. The molecule has 1 amide bonds. The fraction of sp³-hybridized carbons (Fsp3) is 0.190. The largest absolute Gasteiger partial charge is 0.325 e. The van der Waals surface area contributed by atoms with Crippen LogP contribution < -0.4 is 5.32 Å². The molecule has 0 radical (unpaired) electrons. The van der Waals surface area contributed by atoms with Crippen LogP contribution in [0.15, 0.2) is 66.3 Å². The molecule has 3 aromatic rings. The summed E-state index contributed by atoms with van der Waals surface area (Å²) >= 11 is 1.37. The summed E-state index contributed by atoms with van der Waals surface area (Å²) < 4.78 is 1.99. The van der Waals surface area contributed by atoms with Crippen LogP contribution in [0.5, 0.6) is 0 Å². The number of thioether (sulfide) groups is 1. The highest BCUT2D eigenvalue weighted by Gasteiger charge is 2.16. The van der Waals surface area contributed by atoms with Gasteiger partial charge >= 0.3 is 0 Å². The van der Waals surface area contributed by atoms with Gasteiger partial charge < -0.3 is 5.32 Å². The monoisotopic (exact) mass is 378 g/mol. The third-order valence-corrected chi connectivity index (χ3v) is 5.02. The Morgan fingerprint density at radius 2 is 2.00 bits per heavy atom. The zero-order chi connectivity index (χ0) is 19.2. The summed E-state index contributed by atoms with van der Waals surface area (Å²) in [6, 6.07) is 15.8. The van der Waals surface area contributed by atoms with Crippen LogP contribution >= 0.6 is 11.8 Å². The lowest BCUT2D eigenvalue weighted by Crippen LogP contribution is -2.14. The first-order valence-corrected chi connectivity index (χ1v) is 9.66. The van der Waals surface area contributed by atoms with Crippen molar-refractivity contribution in [2.24, 2.45) is 0 Å². The number of anilines is 1. The molecule has 0 bridgehead atoms. The highest BCUT2D eigenvalue weighted by Crippen LogP contribution is 2.26. The quantitative estimate of drug-likeness (QED) is 0.486. The van der Waals surface area contributed by atoms with Gasteiger partial charge in [-0.15, -0.1) is 16.8 Å². The molecule has 0 spiro atoms. The van der Waals surface area contributed by atoms with Gasteiger partial charge in [0.25, 0.3) is 0 Å². The summed E-state index contributed by atoms with van der Waals surface area (Å²) in [7, 11) is 0. The van der Waals surface area contributed by atoms with E-state index in [1.54, 1.807) is 0 Å². The number of carbonyl (C=O) groups is 1. The van der Waals surface area contributed by atoms with Crippen LogP contribution in [0.1, 0.15) is 11.1 Å². The van der Waals surface area contributed by atoms with Crippen molar-refractivity contribution in [1.82, 2.24) is 14.8 Å².